The van der Waals surface area contributed by atoms with E-state index in [1.54, 1.807) is 20.8 Å². The number of aliphatic carboxylic acids is 2. The lowest BCUT2D eigenvalue weighted by Gasteiger charge is -2.25. The Bertz CT molecular complexity index is 885. The molecule has 0 aliphatic heterocycles. The number of rotatable bonds is 14. The average molecular weight is 510 g/mol. The van der Waals surface area contributed by atoms with Gasteiger partial charge in [0.05, 0.1) is 0 Å². The Hall–Kier alpha value is -3.83. The van der Waals surface area contributed by atoms with E-state index in [1.807, 2.05) is 30.3 Å². The Morgan fingerprint density at radius 2 is 1.56 bits per heavy atom. The first-order valence-corrected chi connectivity index (χ1v) is 11.6. The van der Waals surface area contributed by atoms with Gasteiger partial charge < -0.3 is 35.6 Å². The lowest BCUT2D eigenvalue weighted by Crippen LogP contribution is -2.52. The molecular formula is C24H35N3O9. The average Bonchev–Trinajstić information content (AvgIpc) is 2.78. The molecule has 0 heterocycles. The predicted molar refractivity (Wildman–Crippen MR) is 128 cm³/mol. The first-order valence-electron chi connectivity index (χ1n) is 11.6. The molecule has 2 unspecified atom stereocenters. The Kier molecular flexibility index (Phi) is 12.8. The SMILES string of the molecule is CC(C)(C)OC(=O)C(CCCCNC(=O)OCc1ccccc1)NC(=O)NC(CCC(=O)O)C(=O)O. The molecule has 200 valence electrons. The van der Waals surface area contributed by atoms with E-state index in [-0.39, 0.29) is 26.0 Å². The summed E-state index contributed by atoms with van der Waals surface area (Å²) in [6.07, 6.45) is -0.296. The summed E-state index contributed by atoms with van der Waals surface area (Å²) in [5.74, 6) is -3.30. The van der Waals surface area contributed by atoms with Gasteiger partial charge in [-0.15, -0.1) is 0 Å². The predicted octanol–water partition coefficient (Wildman–Crippen LogP) is 2.41. The van der Waals surface area contributed by atoms with Crippen molar-refractivity contribution in [3.05, 3.63) is 35.9 Å². The Labute approximate surface area is 209 Å². The molecule has 0 bridgehead atoms. The van der Waals surface area contributed by atoms with Gasteiger partial charge in [-0.05, 0) is 52.0 Å². The maximum atomic E-state index is 12.6. The van der Waals surface area contributed by atoms with Crippen molar-refractivity contribution in [1.29, 1.82) is 0 Å². The van der Waals surface area contributed by atoms with E-state index in [4.69, 9.17) is 14.6 Å². The number of unbranched alkanes of at least 4 members (excludes halogenated alkanes) is 1. The van der Waals surface area contributed by atoms with Crippen LogP contribution in [0.5, 0.6) is 0 Å². The third-order valence-electron chi connectivity index (χ3n) is 4.65. The number of urea groups is 1. The van der Waals surface area contributed by atoms with Gasteiger partial charge in [0, 0.05) is 13.0 Å². The zero-order valence-electron chi connectivity index (χ0n) is 20.7. The molecule has 1 rings (SSSR count). The van der Waals surface area contributed by atoms with Crippen molar-refractivity contribution in [3.63, 3.8) is 0 Å². The Balaban J connectivity index is 2.54. The van der Waals surface area contributed by atoms with Crippen molar-refractivity contribution in [2.75, 3.05) is 6.54 Å². The Morgan fingerprint density at radius 1 is 0.917 bits per heavy atom. The van der Waals surface area contributed by atoms with Crippen molar-refractivity contribution in [2.45, 2.75) is 77.2 Å². The molecule has 12 nitrogen and oxygen atoms in total. The summed E-state index contributed by atoms with van der Waals surface area (Å²) in [5, 5.41) is 25.1. The van der Waals surface area contributed by atoms with Crippen molar-refractivity contribution in [2.24, 2.45) is 0 Å². The molecule has 5 N–H and O–H groups in total. The summed E-state index contributed by atoms with van der Waals surface area (Å²) in [6.45, 7) is 5.41. The second-order valence-electron chi connectivity index (χ2n) is 9.01. The molecule has 12 heteroatoms. The number of carboxylic acids is 2. The van der Waals surface area contributed by atoms with E-state index in [1.165, 1.54) is 0 Å². The molecule has 2 atom stereocenters. The minimum absolute atomic E-state index is 0.135. The van der Waals surface area contributed by atoms with Crippen molar-refractivity contribution < 1.29 is 43.7 Å². The highest BCUT2D eigenvalue weighted by Crippen LogP contribution is 2.12. The van der Waals surface area contributed by atoms with Gasteiger partial charge in [0.1, 0.15) is 24.3 Å². The topological polar surface area (TPSA) is 180 Å². The van der Waals surface area contributed by atoms with Crippen LogP contribution in [0.15, 0.2) is 30.3 Å². The van der Waals surface area contributed by atoms with Crippen LogP contribution in [0.25, 0.3) is 0 Å². The number of hydrogen-bond acceptors (Lipinski definition) is 7. The molecular weight excluding hydrogens is 474 g/mol. The standard InChI is InChI=1S/C24H35N3O9/c1-24(2,3)36-21(32)18(27-22(33)26-17(20(30)31)12-13-19(28)29)11-7-8-14-25-23(34)35-15-16-9-5-4-6-10-16/h4-6,9-10,17-18H,7-8,11-15H2,1-3H3,(H,25,34)(H,28,29)(H,30,31)(H2,26,27,33). The fourth-order valence-corrected chi connectivity index (χ4v) is 2.94. The Morgan fingerprint density at radius 3 is 2.14 bits per heavy atom. The summed E-state index contributed by atoms with van der Waals surface area (Å²) in [7, 11) is 0. The zero-order valence-corrected chi connectivity index (χ0v) is 20.7. The molecule has 0 spiro atoms. The second-order valence-corrected chi connectivity index (χ2v) is 9.01. The minimum atomic E-state index is -1.44. The molecule has 0 saturated heterocycles. The van der Waals surface area contributed by atoms with Crippen LogP contribution in [-0.2, 0) is 30.5 Å². The number of benzene rings is 1. The van der Waals surface area contributed by atoms with Gasteiger partial charge in [0.25, 0.3) is 0 Å². The van der Waals surface area contributed by atoms with Gasteiger partial charge in [-0.25, -0.2) is 19.2 Å². The van der Waals surface area contributed by atoms with Gasteiger partial charge in [-0.1, -0.05) is 30.3 Å². The molecule has 3 amide bonds. The van der Waals surface area contributed by atoms with Crippen LogP contribution in [0, 0.1) is 0 Å². The van der Waals surface area contributed by atoms with E-state index in [9.17, 15) is 29.1 Å². The number of carbonyl (C=O) groups excluding carboxylic acids is 3. The molecule has 1 aromatic carbocycles. The first kappa shape index (κ1) is 30.2. The van der Waals surface area contributed by atoms with Crippen LogP contribution in [0.4, 0.5) is 9.59 Å². The van der Waals surface area contributed by atoms with Crippen molar-refractivity contribution in [3.8, 4) is 0 Å². The number of ether oxygens (including phenoxy) is 2. The molecule has 0 saturated carbocycles. The van der Waals surface area contributed by atoms with Gasteiger partial charge in [0.2, 0.25) is 0 Å². The molecule has 0 aromatic heterocycles. The smallest absolute Gasteiger partial charge is 0.407 e. The van der Waals surface area contributed by atoms with E-state index < -0.39 is 54.1 Å². The lowest BCUT2D eigenvalue weighted by atomic mass is 10.1. The third-order valence-corrected chi connectivity index (χ3v) is 4.65. The summed E-state index contributed by atoms with van der Waals surface area (Å²) in [6, 6.07) is 5.74. The summed E-state index contributed by atoms with van der Waals surface area (Å²) < 4.78 is 10.5. The highest BCUT2D eigenvalue weighted by Gasteiger charge is 2.28. The van der Waals surface area contributed by atoms with Crippen LogP contribution < -0.4 is 16.0 Å². The molecule has 1 aromatic rings. The van der Waals surface area contributed by atoms with Gasteiger partial charge in [0.15, 0.2) is 0 Å². The van der Waals surface area contributed by atoms with Gasteiger partial charge >= 0.3 is 30.0 Å². The molecule has 0 aliphatic carbocycles. The molecule has 0 aliphatic rings. The van der Waals surface area contributed by atoms with E-state index >= 15 is 0 Å². The number of hydrogen-bond donors (Lipinski definition) is 5. The normalized spacial score (nSPS) is 12.5. The number of amides is 3. The number of carbonyl (C=O) groups is 5. The van der Waals surface area contributed by atoms with E-state index in [0.717, 1.165) is 5.56 Å². The largest absolute Gasteiger partial charge is 0.481 e. The maximum Gasteiger partial charge on any atom is 0.407 e. The van der Waals surface area contributed by atoms with E-state index in [0.29, 0.717) is 12.8 Å². The van der Waals surface area contributed by atoms with Crippen LogP contribution >= 0.6 is 0 Å². The third kappa shape index (κ3) is 13.8. The molecule has 36 heavy (non-hydrogen) atoms. The first-order chi connectivity index (χ1) is 16.9. The number of esters is 1. The monoisotopic (exact) mass is 509 g/mol. The quantitative estimate of drug-likeness (QED) is 0.186. The lowest BCUT2D eigenvalue weighted by molar-refractivity contribution is -0.157. The maximum absolute atomic E-state index is 12.6. The van der Waals surface area contributed by atoms with Gasteiger partial charge in [-0.3, -0.25) is 4.79 Å². The fraction of sp³-hybridized carbons (Fsp3) is 0.542. The molecule has 0 fully saturated rings. The highest BCUT2D eigenvalue weighted by atomic mass is 16.6. The van der Waals surface area contributed by atoms with Crippen molar-refractivity contribution in [1.82, 2.24) is 16.0 Å². The van der Waals surface area contributed by atoms with Crippen LogP contribution in [0.3, 0.4) is 0 Å². The number of carboxylic acid groups (broad SMARTS) is 2. The number of alkyl carbamates (subject to hydrolysis) is 1. The zero-order chi connectivity index (χ0) is 27.1. The van der Waals surface area contributed by atoms with E-state index in [2.05, 4.69) is 16.0 Å². The summed E-state index contributed by atoms with van der Waals surface area (Å²) in [4.78, 5) is 58.7. The van der Waals surface area contributed by atoms with Crippen LogP contribution in [-0.4, -0.2) is 64.5 Å². The van der Waals surface area contributed by atoms with Crippen molar-refractivity contribution >= 4 is 30.0 Å². The molecule has 0 radical (unpaired) electrons. The van der Waals surface area contributed by atoms with Crippen LogP contribution in [0.2, 0.25) is 0 Å². The second kappa shape index (κ2) is 15.2. The minimum Gasteiger partial charge on any atom is -0.481 e. The highest BCUT2D eigenvalue weighted by molar-refractivity contribution is 5.87. The number of nitrogens with one attached hydrogen (secondary N) is 3. The summed E-state index contributed by atoms with van der Waals surface area (Å²) >= 11 is 0. The summed E-state index contributed by atoms with van der Waals surface area (Å²) in [5.41, 5.74) is 0.0353. The van der Waals surface area contributed by atoms with Crippen LogP contribution in [0.1, 0.15) is 58.4 Å². The fourth-order valence-electron chi connectivity index (χ4n) is 2.94. The van der Waals surface area contributed by atoms with Gasteiger partial charge in [-0.2, -0.15) is 0 Å².